The van der Waals surface area contributed by atoms with E-state index in [0.717, 1.165) is 62.0 Å². The number of hydrogen-bond donors (Lipinski definition) is 1. The molecule has 1 aromatic carbocycles. The van der Waals surface area contributed by atoms with E-state index in [-0.39, 0.29) is 12.0 Å². The van der Waals surface area contributed by atoms with Gasteiger partial charge in [0.2, 0.25) is 0 Å². The number of anilines is 3. The first-order chi connectivity index (χ1) is 14.9. The number of rotatable bonds is 8. The van der Waals surface area contributed by atoms with Crippen molar-refractivity contribution in [2.75, 3.05) is 61.9 Å². The SMILES string of the molecule is CCCNc1c(C(=O)N(C)C)cncc1N1CCN(c2ccccc2OC(C)C)CC1. The fourth-order valence-electron chi connectivity index (χ4n) is 3.79. The van der Waals surface area contributed by atoms with Crippen molar-refractivity contribution in [2.24, 2.45) is 0 Å². The number of amides is 1. The van der Waals surface area contributed by atoms with Crippen molar-refractivity contribution in [1.82, 2.24) is 9.88 Å². The van der Waals surface area contributed by atoms with Gasteiger partial charge in [-0.25, -0.2) is 0 Å². The van der Waals surface area contributed by atoms with Crippen molar-refractivity contribution in [3.63, 3.8) is 0 Å². The van der Waals surface area contributed by atoms with E-state index >= 15 is 0 Å². The zero-order valence-corrected chi connectivity index (χ0v) is 19.4. The number of nitrogens with one attached hydrogen (secondary N) is 1. The van der Waals surface area contributed by atoms with E-state index < -0.39 is 0 Å². The number of pyridine rings is 1. The third-order valence-corrected chi connectivity index (χ3v) is 5.30. The number of piperazine rings is 1. The highest BCUT2D eigenvalue weighted by Crippen LogP contribution is 2.33. The molecular weight excluding hydrogens is 390 g/mol. The van der Waals surface area contributed by atoms with Crippen LogP contribution in [0.4, 0.5) is 17.1 Å². The van der Waals surface area contributed by atoms with E-state index in [1.807, 2.05) is 18.3 Å². The third-order valence-electron chi connectivity index (χ3n) is 5.30. The van der Waals surface area contributed by atoms with E-state index in [2.05, 4.69) is 53.0 Å². The highest BCUT2D eigenvalue weighted by molar-refractivity contribution is 6.02. The maximum absolute atomic E-state index is 12.7. The van der Waals surface area contributed by atoms with Crippen LogP contribution < -0.4 is 19.9 Å². The van der Waals surface area contributed by atoms with Crippen LogP contribution in [0.3, 0.4) is 0 Å². The molecule has 2 heterocycles. The molecule has 0 unspecified atom stereocenters. The number of para-hydroxylation sites is 2. The van der Waals surface area contributed by atoms with Gasteiger partial charge < -0.3 is 24.8 Å². The summed E-state index contributed by atoms with van der Waals surface area (Å²) in [5.41, 5.74) is 3.63. The van der Waals surface area contributed by atoms with Gasteiger partial charge in [0.1, 0.15) is 5.75 Å². The molecule has 1 aromatic heterocycles. The molecule has 0 spiro atoms. The lowest BCUT2D eigenvalue weighted by atomic mass is 10.1. The monoisotopic (exact) mass is 425 g/mol. The Bertz CT molecular complexity index is 876. The lowest BCUT2D eigenvalue weighted by Crippen LogP contribution is -2.47. The van der Waals surface area contributed by atoms with Crippen molar-refractivity contribution in [2.45, 2.75) is 33.3 Å². The van der Waals surface area contributed by atoms with E-state index in [1.165, 1.54) is 0 Å². The van der Waals surface area contributed by atoms with Crippen LogP contribution in [0.5, 0.6) is 5.75 Å². The Hall–Kier alpha value is -2.96. The van der Waals surface area contributed by atoms with Crippen LogP contribution in [0.25, 0.3) is 0 Å². The Morgan fingerprint density at radius 1 is 1.10 bits per heavy atom. The van der Waals surface area contributed by atoms with Crippen LogP contribution in [-0.4, -0.2) is 68.7 Å². The number of carbonyl (C=O) groups excluding carboxylic acids is 1. The second kappa shape index (κ2) is 10.4. The number of carbonyl (C=O) groups is 1. The highest BCUT2D eigenvalue weighted by Gasteiger charge is 2.25. The number of benzene rings is 1. The average Bonchev–Trinajstić information content (AvgIpc) is 2.77. The summed E-state index contributed by atoms with van der Waals surface area (Å²) in [6.07, 6.45) is 4.66. The van der Waals surface area contributed by atoms with E-state index in [4.69, 9.17) is 4.74 Å². The van der Waals surface area contributed by atoms with Crippen LogP contribution >= 0.6 is 0 Å². The molecule has 2 aromatic rings. The Balaban J connectivity index is 1.81. The van der Waals surface area contributed by atoms with Gasteiger partial charge in [0.05, 0.1) is 34.9 Å². The second-order valence-electron chi connectivity index (χ2n) is 8.32. The quantitative estimate of drug-likeness (QED) is 0.696. The second-order valence-corrected chi connectivity index (χ2v) is 8.32. The fraction of sp³-hybridized carbons (Fsp3) is 0.500. The molecule has 1 fully saturated rings. The molecule has 1 N–H and O–H groups in total. The van der Waals surface area contributed by atoms with Gasteiger partial charge in [-0.2, -0.15) is 0 Å². The van der Waals surface area contributed by atoms with Crippen molar-refractivity contribution in [1.29, 1.82) is 0 Å². The molecule has 0 saturated carbocycles. The first-order valence-corrected chi connectivity index (χ1v) is 11.1. The number of ether oxygens (including phenoxy) is 1. The van der Waals surface area contributed by atoms with Gasteiger partial charge in [0.15, 0.2) is 0 Å². The summed E-state index contributed by atoms with van der Waals surface area (Å²) in [4.78, 5) is 23.4. The molecule has 0 atom stereocenters. The molecule has 1 aliphatic rings. The van der Waals surface area contributed by atoms with Gasteiger partial charge in [-0.15, -0.1) is 0 Å². The van der Waals surface area contributed by atoms with E-state index in [0.29, 0.717) is 5.56 Å². The summed E-state index contributed by atoms with van der Waals surface area (Å²) in [6, 6.07) is 8.23. The minimum atomic E-state index is -0.0358. The Morgan fingerprint density at radius 2 is 1.74 bits per heavy atom. The maximum Gasteiger partial charge on any atom is 0.257 e. The topological polar surface area (TPSA) is 60.9 Å². The van der Waals surface area contributed by atoms with Crippen molar-refractivity contribution < 1.29 is 9.53 Å². The van der Waals surface area contributed by atoms with Crippen LogP contribution in [0.1, 0.15) is 37.6 Å². The first-order valence-electron chi connectivity index (χ1n) is 11.1. The van der Waals surface area contributed by atoms with Crippen LogP contribution in [-0.2, 0) is 0 Å². The van der Waals surface area contributed by atoms with Gasteiger partial charge in [-0.1, -0.05) is 19.1 Å². The smallest absolute Gasteiger partial charge is 0.257 e. The molecule has 1 aliphatic heterocycles. The van der Waals surface area contributed by atoms with Gasteiger partial charge in [0, 0.05) is 53.0 Å². The molecule has 168 valence electrons. The molecule has 0 aliphatic carbocycles. The number of nitrogens with zero attached hydrogens (tertiary/aromatic N) is 4. The lowest BCUT2D eigenvalue weighted by Gasteiger charge is -2.38. The molecule has 7 nitrogen and oxygen atoms in total. The van der Waals surface area contributed by atoms with Crippen molar-refractivity contribution in [3.05, 3.63) is 42.2 Å². The third kappa shape index (κ3) is 5.40. The summed E-state index contributed by atoms with van der Waals surface area (Å²) in [5, 5.41) is 3.48. The van der Waals surface area contributed by atoms with Crippen molar-refractivity contribution >= 4 is 23.0 Å². The first kappa shape index (κ1) is 22.7. The molecule has 7 heteroatoms. The zero-order valence-electron chi connectivity index (χ0n) is 19.4. The lowest BCUT2D eigenvalue weighted by molar-refractivity contribution is 0.0828. The average molecular weight is 426 g/mol. The van der Waals surface area contributed by atoms with Gasteiger partial charge >= 0.3 is 0 Å². The summed E-state index contributed by atoms with van der Waals surface area (Å²) in [7, 11) is 3.54. The Labute approximate surface area is 186 Å². The normalized spacial score (nSPS) is 14.0. The fourth-order valence-corrected chi connectivity index (χ4v) is 3.79. The molecule has 3 rings (SSSR count). The predicted octanol–water partition coefficient (Wildman–Crippen LogP) is 3.72. The zero-order chi connectivity index (χ0) is 22.4. The largest absolute Gasteiger partial charge is 0.489 e. The summed E-state index contributed by atoms with van der Waals surface area (Å²) >= 11 is 0. The minimum Gasteiger partial charge on any atom is -0.489 e. The maximum atomic E-state index is 12.7. The molecular formula is C24H35N5O2. The van der Waals surface area contributed by atoms with Crippen molar-refractivity contribution in [3.8, 4) is 5.75 Å². The molecule has 1 saturated heterocycles. The summed E-state index contributed by atoms with van der Waals surface area (Å²) in [6.45, 7) is 10.5. The van der Waals surface area contributed by atoms with Gasteiger partial charge in [0.25, 0.3) is 5.91 Å². The van der Waals surface area contributed by atoms with Crippen LogP contribution in [0, 0.1) is 0 Å². The molecule has 0 bridgehead atoms. The van der Waals surface area contributed by atoms with Gasteiger partial charge in [-0.05, 0) is 32.4 Å². The molecule has 31 heavy (non-hydrogen) atoms. The van der Waals surface area contributed by atoms with Crippen LogP contribution in [0.15, 0.2) is 36.7 Å². The van der Waals surface area contributed by atoms with E-state index in [1.54, 1.807) is 25.2 Å². The van der Waals surface area contributed by atoms with Crippen LogP contribution in [0.2, 0.25) is 0 Å². The van der Waals surface area contributed by atoms with E-state index in [9.17, 15) is 4.79 Å². The van der Waals surface area contributed by atoms with Gasteiger partial charge in [-0.3, -0.25) is 9.78 Å². The highest BCUT2D eigenvalue weighted by atomic mass is 16.5. The number of hydrogen-bond acceptors (Lipinski definition) is 6. The summed E-state index contributed by atoms with van der Waals surface area (Å²) < 4.78 is 6.02. The minimum absolute atomic E-state index is 0.0358. The molecule has 1 amide bonds. The number of aromatic nitrogens is 1. The Kier molecular flexibility index (Phi) is 7.60. The molecule has 0 radical (unpaired) electrons. The predicted molar refractivity (Wildman–Crippen MR) is 128 cm³/mol. The summed E-state index contributed by atoms with van der Waals surface area (Å²) in [5.74, 6) is 0.892. The Morgan fingerprint density at radius 3 is 2.35 bits per heavy atom. The standard InChI is InChI=1S/C24H35N5O2/c1-6-11-26-23-19(24(30)27(4)5)16-25-17-21(23)29-14-12-28(13-15-29)20-9-7-8-10-22(20)31-18(2)3/h7-10,16-18H,6,11-15H2,1-5H3,(H,25,26).